The first-order chi connectivity index (χ1) is 9.40. The van der Waals surface area contributed by atoms with Crippen molar-refractivity contribution in [2.75, 3.05) is 0 Å². The molecule has 0 bridgehead atoms. The van der Waals surface area contributed by atoms with Gasteiger partial charge in [-0.15, -0.1) is 0 Å². The Balaban J connectivity index is 2.26. The summed E-state index contributed by atoms with van der Waals surface area (Å²) in [5.74, 6) is -0.0735. The van der Waals surface area contributed by atoms with Crippen LogP contribution in [0.2, 0.25) is 0 Å². The molecule has 0 aliphatic carbocycles. The summed E-state index contributed by atoms with van der Waals surface area (Å²) in [5.41, 5.74) is 3.60. The quantitative estimate of drug-likeness (QED) is 0.634. The maximum Gasteiger partial charge on any atom is 0.205 e. The minimum absolute atomic E-state index is 0.143. The number of carbonyl (C=O) groups is 2. The van der Waals surface area contributed by atoms with E-state index in [4.69, 9.17) is 0 Å². The number of nitrogens with zero attached hydrogens (tertiary/aromatic N) is 2. The summed E-state index contributed by atoms with van der Waals surface area (Å²) in [7, 11) is 1.74. The van der Waals surface area contributed by atoms with E-state index >= 15 is 0 Å². The zero-order chi connectivity index (χ0) is 14.9. The van der Waals surface area contributed by atoms with E-state index in [1.54, 1.807) is 24.0 Å². The van der Waals surface area contributed by atoms with Crippen LogP contribution in [0.1, 0.15) is 44.1 Å². The number of hydrogen-bond donors (Lipinski definition) is 0. The lowest BCUT2D eigenvalue weighted by atomic mass is 9.94. The van der Waals surface area contributed by atoms with Gasteiger partial charge >= 0.3 is 0 Å². The molecule has 0 atom stereocenters. The molecular weight excluding hydrogens is 252 g/mol. The highest BCUT2D eigenvalue weighted by Crippen LogP contribution is 2.19. The molecule has 1 aromatic carbocycles. The second-order valence-electron chi connectivity index (χ2n) is 5.16. The summed E-state index contributed by atoms with van der Waals surface area (Å²) in [6.45, 7) is 5.80. The molecule has 1 heterocycles. The number of benzene rings is 1. The second-order valence-corrected chi connectivity index (χ2v) is 5.16. The zero-order valence-electron chi connectivity index (χ0n) is 12.2. The molecule has 2 aromatic rings. The van der Waals surface area contributed by atoms with Gasteiger partial charge in [0.15, 0.2) is 11.6 Å². The van der Waals surface area contributed by atoms with Crippen molar-refractivity contribution >= 4 is 11.6 Å². The Labute approximate surface area is 118 Å². The Morgan fingerprint density at radius 2 is 1.70 bits per heavy atom. The van der Waals surface area contributed by atoms with Gasteiger partial charge in [-0.25, -0.2) is 4.98 Å². The molecule has 0 radical (unpaired) electrons. The summed E-state index contributed by atoms with van der Waals surface area (Å²) >= 11 is 0. The highest BCUT2D eigenvalue weighted by atomic mass is 16.1. The molecule has 0 N–H and O–H groups in total. The van der Waals surface area contributed by atoms with Crippen LogP contribution in [0.3, 0.4) is 0 Å². The number of aromatic nitrogens is 2. The van der Waals surface area contributed by atoms with Gasteiger partial charge in [0, 0.05) is 25.0 Å². The highest BCUT2D eigenvalue weighted by Gasteiger charge is 2.19. The first-order valence-corrected chi connectivity index (χ1v) is 6.51. The van der Waals surface area contributed by atoms with Gasteiger partial charge in [0.2, 0.25) is 5.78 Å². The molecule has 0 saturated heterocycles. The van der Waals surface area contributed by atoms with Gasteiger partial charge in [-0.05, 0) is 31.9 Å². The summed E-state index contributed by atoms with van der Waals surface area (Å²) in [6.07, 6.45) is 3.11. The average Bonchev–Trinajstić information content (AvgIpc) is 2.73. The van der Waals surface area contributed by atoms with Gasteiger partial charge in [-0.3, -0.25) is 9.59 Å². The first-order valence-electron chi connectivity index (χ1n) is 6.51. The van der Waals surface area contributed by atoms with Crippen LogP contribution in [-0.4, -0.2) is 21.1 Å². The van der Waals surface area contributed by atoms with Crippen molar-refractivity contribution in [3.05, 3.63) is 52.6 Å². The van der Waals surface area contributed by atoms with Crippen molar-refractivity contribution in [2.24, 2.45) is 7.05 Å². The Morgan fingerprint density at radius 3 is 2.20 bits per heavy atom. The number of imidazole rings is 1. The van der Waals surface area contributed by atoms with Gasteiger partial charge in [0.25, 0.3) is 0 Å². The van der Waals surface area contributed by atoms with Gasteiger partial charge in [0.1, 0.15) is 0 Å². The van der Waals surface area contributed by atoms with Crippen molar-refractivity contribution in [1.29, 1.82) is 0 Å². The van der Waals surface area contributed by atoms with Crippen LogP contribution in [-0.2, 0) is 7.05 Å². The van der Waals surface area contributed by atoms with Crippen LogP contribution in [0.5, 0.6) is 0 Å². The molecule has 0 spiro atoms. The third-order valence-electron chi connectivity index (χ3n) is 3.35. The van der Waals surface area contributed by atoms with E-state index in [0.29, 0.717) is 11.4 Å². The topological polar surface area (TPSA) is 52.0 Å². The van der Waals surface area contributed by atoms with Crippen LogP contribution < -0.4 is 0 Å². The fourth-order valence-electron chi connectivity index (χ4n) is 2.57. The van der Waals surface area contributed by atoms with Gasteiger partial charge in [-0.2, -0.15) is 0 Å². The fourth-order valence-corrected chi connectivity index (χ4v) is 2.57. The van der Waals surface area contributed by atoms with Crippen molar-refractivity contribution in [3.8, 4) is 0 Å². The monoisotopic (exact) mass is 270 g/mol. The molecule has 0 fully saturated rings. The van der Waals surface area contributed by atoms with Crippen LogP contribution in [0.25, 0.3) is 0 Å². The van der Waals surface area contributed by atoms with E-state index in [-0.39, 0.29) is 18.0 Å². The first kappa shape index (κ1) is 14.2. The van der Waals surface area contributed by atoms with Crippen molar-refractivity contribution < 1.29 is 9.59 Å². The average molecular weight is 270 g/mol. The maximum atomic E-state index is 12.4. The lowest BCUT2D eigenvalue weighted by Gasteiger charge is -2.10. The second kappa shape index (κ2) is 5.41. The lowest BCUT2D eigenvalue weighted by Crippen LogP contribution is -2.14. The predicted molar refractivity (Wildman–Crippen MR) is 77.1 cm³/mol. The van der Waals surface area contributed by atoms with Crippen LogP contribution in [0.4, 0.5) is 0 Å². The summed E-state index contributed by atoms with van der Waals surface area (Å²) in [5, 5.41) is 0. The SMILES string of the molecule is Cc1cc(C)c(C(=O)CC(=O)c2nccn2C)c(C)c1. The number of rotatable bonds is 4. The minimum Gasteiger partial charge on any atom is -0.332 e. The molecule has 4 nitrogen and oxygen atoms in total. The Morgan fingerprint density at radius 1 is 1.10 bits per heavy atom. The van der Waals surface area contributed by atoms with E-state index in [9.17, 15) is 9.59 Å². The molecule has 1 aromatic heterocycles. The smallest absolute Gasteiger partial charge is 0.205 e. The molecule has 20 heavy (non-hydrogen) atoms. The zero-order valence-corrected chi connectivity index (χ0v) is 12.2. The third kappa shape index (κ3) is 2.69. The molecule has 0 aliphatic heterocycles. The number of Topliss-reactive ketones (excluding diaryl/α,β-unsaturated/α-hetero) is 2. The number of ketones is 2. The molecule has 4 heteroatoms. The van der Waals surface area contributed by atoms with Crippen LogP contribution in [0.15, 0.2) is 24.5 Å². The van der Waals surface area contributed by atoms with Gasteiger partial charge < -0.3 is 4.57 Å². The van der Waals surface area contributed by atoms with Crippen molar-refractivity contribution in [2.45, 2.75) is 27.2 Å². The molecular formula is C16H18N2O2. The fraction of sp³-hybridized carbons (Fsp3) is 0.312. The Kier molecular flexibility index (Phi) is 3.84. The van der Waals surface area contributed by atoms with E-state index in [0.717, 1.165) is 16.7 Å². The van der Waals surface area contributed by atoms with E-state index in [1.807, 2.05) is 32.9 Å². The Bertz CT molecular complexity index is 661. The minimum atomic E-state index is -0.248. The van der Waals surface area contributed by atoms with Gasteiger partial charge in [-0.1, -0.05) is 17.7 Å². The van der Waals surface area contributed by atoms with Crippen molar-refractivity contribution in [1.82, 2.24) is 9.55 Å². The maximum absolute atomic E-state index is 12.4. The number of hydrogen-bond acceptors (Lipinski definition) is 3. The molecule has 0 amide bonds. The van der Waals surface area contributed by atoms with Crippen molar-refractivity contribution in [3.63, 3.8) is 0 Å². The molecule has 0 aliphatic rings. The standard InChI is InChI=1S/C16H18N2O2/c1-10-7-11(2)15(12(3)8-10)13(19)9-14(20)16-17-5-6-18(16)4/h5-8H,9H2,1-4H3. The van der Waals surface area contributed by atoms with E-state index in [2.05, 4.69) is 4.98 Å². The third-order valence-corrected chi connectivity index (χ3v) is 3.35. The largest absolute Gasteiger partial charge is 0.332 e. The predicted octanol–water partition coefficient (Wildman–Crippen LogP) is 2.80. The van der Waals surface area contributed by atoms with E-state index < -0.39 is 0 Å². The van der Waals surface area contributed by atoms with Crippen LogP contribution in [0, 0.1) is 20.8 Å². The summed E-state index contributed by atoms with van der Waals surface area (Å²) < 4.78 is 1.63. The lowest BCUT2D eigenvalue weighted by molar-refractivity contribution is 0.0886. The van der Waals surface area contributed by atoms with Crippen LogP contribution >= 0.6 is 0 Å². The highest BCUT2D eigenvalue weighted by molar-refractivity contribution is 6.13. The Hall–Kier alpha value is -2.23. The molecule has 2 rings (SSSR count). The molecule has 104 valence electrons. The summed E-state index contributed by atoms with van der Waals surface area (Å²) in [4.78, 5) is 28.4. The molecule has 0 saturated carbocycles. The van der Waals surface area contributed by atoms with Gasteiger partial charge in [0.05, 0.1) is 6.42 Å². The number of aryl methyl sites for hydroxylation is 4. The molecule has 0 unspecified atom stereocenters. The summed E-state index contributed by atoms with van der Waals surface area (Å²) in [6, 6.07) is 3.93. The van der Waals surface area contributed by atoms with E-state index in [1.165, 1.54) is 0 Å². The normalized spacial score (nSPS) is 10.6. The number of carbonyl (C=O) groups excluding carboxylic acids is 2.